The molecule has 1 aromatic carbocycles. The standard InChI is InChI=1S/C23H31F2N3O2/c1-6-10-23(3)18-9-11-27-22(26-4)17(18)13-28(23)15(2)16-7-8-19(20(12-16)29-5)30-14-21(24)25/h7-9,11-12,15,21H,6,10,13-14H2,1-5H3,(H,26,27). The smallest absolute Gasteiger partial charge is 0.272 e. The highest BCUT2D eigenvalue weighted by Gasteiger charge is 2.44. The normalized spacial score (nSPS) is 19.6. The lowest BCUT2D eigenvalue weighted by molar-refractivity contribution is 0.0646. The maximum Gasteiger partial charge on any atom is 0.272 e. The van der Waals surface area contributed by atoms with Crippen molar-refractivity contribution in [3.63, 3.8) is 0 Å². The van der Waals surface area contributed by atoms with E-state index in [0.29, 0.717) is 11.5 Å². The van der Waals surface area contributed by atoms with Gasteiger partial charge in [0.25, 0.3) is 6.43 Å². The van der Waals surface area contributed by atoms with Crippen LogP contribution in [0.4, 0.5) is 14.6 Å². The molecule has 1 aliphatic rings. The Bertz CT molecular complexity index is 878. The van der Waals surface area contributed by atoms with Crippen LogP contribution in [0.15, 0.2) is 30.5 Å². The predicted octanol–water partition coefficient (Wildman–Crippen LogP) is 5.37. The number of benzene rings is 1. The van der Waals surface area contributed by atoms with E-state index in [-0.39, 0.29) is 11.6 Å². The van der Waals surface area contributed by atoms with Crippen molar-refractivity contribution in [3.8, 4) is 11.5 Å². The summed E-state index contributed by atoms with van der Waals surface area (Å²) in [4.78, 5) is 6.98. The number of anilines is 1. The van der Waals surface area contributed by atoms with Gasteiger partial charge in [-0.2, -0.15) is 0 Å². The summed E-state index contributed by atoms with van der Waals surface area (Å²) in [6.07, 6.45) is 1.41. The molecule has 0 amide bonds. The van der Waals surface area contributed by atoms with Crippen LogP contribution in [0.2, 0.25) is 0 Å². The van der Waals surface area contributed by atoms with E-state index >= 15 is 0 Å². The second-order valence-corrected chi connectivity index (χ2v) is 7.88. The maximum absolute atomic E-state index is 12.5. The number of nitrogens with zero attached hydrogens (tertiary/aromatic N) is 2. The molecular formula is C23H31F2N3O2. The molecule has 0 fully saturated rings. The molecule has 1 aliphatic heterocycles. The summed E-state index contributed by atoms with van der Waals surface area (Å²) in [6, 6.07) is 7.74. The fourth-order valence-electron chi connectivity index (χ4n) is 4.60. The van der Waals surface area contributed by atoms with E-state index in [4.69, 9.17) is 9.47 Å². The van der Waals surface area contributed by atoms with Gasteiger partial charge in [-0.1, -0.05) is 19.4 Å². The van der Waals surface area contributed by atoms with Gasteiger partial charge in [0.1, 0.15) is 12.4 Å². The number of pyridine rings is 1. The molecule has 0 bridgehead atoms. The number of nitrogens with one attached hydrogen (secondary N) is 1. The number of fused-ring (bicyclic) bond motifs is 1. The van der Waals surface area contributed by atoms with Crippen molar-refractivity contribution < 1.29 is 18.3 Å². The predicted molar refractivity (Wildman–Crippen MR) is 114 cm³/mol. The molecule has 5 nitrogen and oxygen atoms in total. The van der Waals surface area contributed by atoms with E-state index in [0.717, 1.165) is 30.8 Å². The molecule has 3 rings (SSSR count). The molecule has 7 heteroatoms. The van der Waals surface area contributed by atoms with Gasteiger partial charge in [0.2, 0.25) is 0 Å². The summed E-state index contributed by atoms with van der Waals surface area (Å²) in [5.74, 6) is 1.71. The van der Waals surface area contributed by atoms with Gasteiger partial charge in [-0.05, 0) is 49.6 Å². The highest BCUT2D eigenvalue weighted by molar-refractivity contribution is 5.53. The van der Waals surface area contributed by atoms with Crippen LogP contribution in [0.3, 0.4) is 0 Å². The number of halogens is 2. The van der Waals surface area contributed by atoms with Gasteiger partial charge in [-0.15, -0.1) is 0 Å². The van der Waals surface area contributed by atoms with Crippen LogP contribution < -0.4 is 14.8 Å². The number of aromatic nitrogens is 1. The molecule has 2 heterocycles. The monoisotopic (exact) mass is 419 g/mol. The van der Waals surface area contributed by atoms with Gasteiger partial charge < -0.3 is 14.8 Å². The van der Waals surface area contributed by atoms with E-state index in [1.165, 1.54) is 18.2 Å². The number of hydrogen-bond acceptors (Lipinski definition) is 5. The lowest BCUT2D eigenvalue weighted by Crippen LogP contribution is -2.39. The first-order valence-corrected chi connectivity index (χ1v) is 10.4. The number of ether oxygens (including phenoxy) is 2. The molecule has 1 aromatic heterocycles. The largest absolute Gasteiger partial charge is 0.493 e. The van der Waals surface area contributed by atoms with Crippen molar-refractivity contribution in [2.45, 2.75) is 58.2 Å². The summed E-state index contributed by atoms with van der Waals surface area (Å²) in [6.45, 7) is 6.78. The molecule has 2 unspecified atom stereocenters. The second kappa shape index (κ2) is 9.16. The third-order valence-electron chi connectivity index (χ3n) is 6.07. The van der Waals surface area contributed by atoms with Crippen molar-refractivity contribution in [2.24, 2.45) is 0 Å². The third kappa shape index (κ3) is 4.08. The van der Waals surface area contributed by atoms with Crippen LogP contribution in [-0.4, -0.2) is 37.1 Å². The Kier molecular flexibility index (Phi) is 6.81. The molecule has 2 aromatic rings. The fourth-order valence-corrected chi connectivity index (χ4v) is 4.60. The quantitative estimate of drug-likeness (QED) is 0.592. The molecule has 0 radical (unpaired) electrons. The number of rotatable bonds is 9. The Morgan fingerprint density at radius 2 is 2.03 bits per heavy atom. The third-order valence-corrected chi connectivity index (χ3v) is 6.07. The Labute approximate surface area is 177 Å². The van der Waals surface area contributed by atoms with Gasteiger partial charge in [-0.3, -0.25) is 4.90 Å². The summed E-state index contributed by atoms with van der Waals surface area (Å²) in [5.41, 5.74) is 3.45. The van der Waals surface area contributed by atoms with E-state index in [1.807, 2.05) is 25.4 Å². The summed E-state index contributed by atoms with van der Waals surface area (Å²) < 4.78 is 35.7. The topological polar surface area (TPSA) is 46.6 Å². The Morgan fingerprint density at radius 1 is 1.27 bits per heavy atom. The highest BCUT2D eigenvalue weighted by Crippen LogP contribution is 2.48. The molecule has 0 aliphatic carbocycles. The van der Waals surface area contributed by atoms with Crippen LogP contribution in [0.25, 0.3) is 0 Å². The molecule has 164 valence electrons. The first-order chi connectivity index (χ1) is 14.3. The number of hydrogen-bond donors (Lipinski definition) is 1. The number of methoxy groups -OCH3 is 1. The lowest BCUT2D eigenvalue weighted by Gasteiger charge is -2.40. The van der Waals surface area contributed by atoms with E-state index in [2.05, 4.69) is 42.0 Å². The minimum absolute atomic E-state index is 0.0803. The Morgan fingerprint density at radius 3 is 2.67 bits per heavy atom. The molecule has 30 heavy (non-hydrogen) atoms. The first kappa shape index (κ1) is 22.3. The van der Waals surface area contributed by atoms with E-state index in [1.54, 1.807) is 6.07 Å². The van der Waals surface area contributed by atoms with Crippen LogP contribution in [0.1, 0.15) is 56.3 Å². The van der Waals surface area contributed by atoms with E-state index in [9.17, 15) is 8.78 Å². The zero-order chi connectivity index (χ0) is 21.9. The first-order valence-electron chi connectivity index (χ1n) is 10.4. The number of alkyl halides is 2. The van der Waals surface area contributed by atoms with Crippen molar-refractivity contribution >= 4 is 5.82 Å². The molecule has 0 saturated heterocycles. The molecule has 1 N–H and O–H groups in total. The zero-order valence-electron chi connectivity index (χ0n) is 18.3. The van der Waals surface area contributed by atoms with Crippen LogP contribution in [0, 0.1) is 0 Å². The van der Waals surface area contributed by atoms with Gasteiger partial charge >= 0.3 is 0 Å². The molecule has 0 spiro atoms. The van der Waals surface area contributed by atoms with E-state index < -0.39 is 13.0 Å². The Hall–Kier alpha value is -2.41. The Balaban J connectivity index is 1.94. The van der Waals surface area contributed by atoms with Gasteiger partial charge in [-0.25, -0.2) is 13.8 Å². The second-order valence-electron chi connectivity index (χ2n) is 7.88. The summed E-state index contributed by atoms with van der Waals surface area (Å²) in [5, 5.41) is 3.22. The molecule has 2 atom stereocenters. The van der Waals surface area contributed by atoms with Crippen molar-refractivity contribution in [2.75, 3.05) is 26.1 Å². The van der Waals surface area contributed by atoms with Gasteiger partial charge in [0, 0.05) is 36.9 Å². The fraction of sp³-hybridized carbons (Fsp3) is 0.522. The van der Waals surface area contributed by atoms with Crippen LogP contribution in [-0.2, 0) is 12.1 Å². The lowest BCUT2D eigenvalue weighted by atomic mass is 9.86. The summed E-state index contributed by atoms with van der Waals surface area (Å²) >= 11 is 0. The highest BCUT2D eigenvalue weighted by atomic mass is 19.3. The summed E-state index contributed by atoms with van der Waals surface area (Å²) in [7, 11) is 3.42. The zero-order valence-corrected chi connectivity index (χ0v) is 18.3. The van der Waals surface area contributed by atoms with Crippen LogP contribution in [0.5, 0.6) is 11.5 Å². The minimum Gasteiger partial charge on any atom is -0.493 e. The van der Waals surface area contributed by atoms with Crippen LogP contribution >= 0.6 is 0 Å². The molecular weight excluding hydrogens is 388 g/mol. The SMILES string of the molecule is CCCC1(C)c2ccnc(NC)c2CN1C(C)c1ccc(OCC(F)F)c(OC)c1. The van der Waals surface area contributed by atoms with Crippen molar-refractivity contribution in [3.05, 3.63) is 47.2 Å². The van der Waals surface area contributed by atoms with Gasteiger partial charge in [0.05, 0.1) is 7.11 Å². The molecule has 0 saturated carbocycles. The maximum atomic E-state index is 12.5. The average molecular weight is 420 g/mol. The van der Waals surface area contributed by atoms with Crippen molar-refractivity contribution in [1.29, 1.82) is 0 Å². The van der Waals surface area contributed by atoms with Crippen molar-refractivity contribution in [1.82, 2.24) is 9.88 Å². The minimum atomic E-state index is -2.53. The van der Waals surface area contributed by atoms with Gasteiger partial charge in [0.15, 0.2) is 11.5 Å². The average Bonchev–Trinajstić information content (AvgIpc) is 3.04.